The van der Waals surface area contributed by atoms with Gasteiger partial charge in [-0.3, -0.25) is 4.99 Å². The van der Waals surface area contributed by atoms with Crippen molar-refractivity contribution < 1.29 is 27.8 Å². The Morgan fingerprint density at radius 1 is 1.24 bits per heavy atom. The van der Waals surface area contributed by atoms with Gasteiger partial charge in [0.15, 0.2) is 5.96 Å². The van der Waals surface area contributed by atoms with Gasteiger partial charge in [0.05, 0.1) is 13.2 Å². The number of nitrogens with two attached hydrogens (primary N) is 1. The first-order chi connectivity index (χ1) is 11.6. The summed E-state index contributed by atoms with van der Waals surface area (Å²) in [6, 6.07) is 0. The van der Waals surface area contributed by atoms with E-state index in [1.54, 1.807) is 7.11 Å². The van der Waals surface area contributed by atoms with Crippen molar-refractivity contribution in [3.8, 4) is 0 Å². The zero-order chi connectivity index (χ0) is 18.7. The Morgan fingerprint density at radius 3 is 2.04 bits per heavy atom. The van der Waals surface area contributed by atoms with Crippen molar-refractivity contribution in [1.29, 1.82) is 0 Å². The highest BCUT2D eigenvalue weighted by molar-refractivity contribution is 5.78. The highest BCUT2D eigenvalue weighted by atomic mass is 19.4. The molecule has 4 aliphatic carbocycles. The summed E-state index contributed by atoms with van der Waals surface area (Å²) in [5.74, 6) is 0.683. The normalized spacial score (nSPS) is 33.6. The molecule has 144 valence electrons. The van der Waals surface area contributed by atoms with Crippen molar-refractivity contribution >= 4 is 11.9 Å². The Kier molecular flexibility index (Phi) is 6.18. The van der Waals surface area contributed by atoms with Gasteiger partial charge >= 0.3 is 12.1 Å². The third kappa shape index (κ3) is 5.49. The number of methoxy groups -OCH3 is 1. The van der Waals surface area contributed by atoms with Crippen LogP contribution in [0.5, 0.6) is 0 Å². The third-order valence-electron chi connectivity index (χ3n) is 5.25. The molecule has 0 atom stereocenters. The maximum absolute atomic E-state index is 10.6. The van der Waals surface area contributed by atoms with Crippen LogP contribution in [0, 0.1) is 17.8 Å². The van der Waals surface area contributed by atoms with Crippen LogP contribution < -0.4 is 11.1 Å². The fourth-order valence-electron chi connectivity index (χ4n) is 4.83. The van der Waals surface area contributed by atoms with Crippen LogP contribution in [-0.4, -0.2) is 49.0 Å². The molecule has 4 saturated carbocycles. The molecule has 4 N–H and O–H groups in total. The summed E-state index contributed by atoms with van der Waals surface area (Å²) in [5.41, 5.74) is 6.29. The molecular weight excluding hydrogens is 339 g/mol. The van der Waals surface area contributed by atoms with Gasteiger partial charge in [0.1, 0.15) is 0 Å². The number of hydrogen-bond acceptors (Lipinski definition) is 3. The lowest BCUT2D eigenvalue weighted by Gasteiger charge is -2.57. The van der Waals surface area contributed by atoms with Crippen molar-refractivity contribution in [2.45, 2.75) is 50.2 Å². The summed E-state index contributed by atoms with van der Waals surface area (Å²) >= 11 is 0. The van der Waals surface area contributed by atoms with Gasteiger partial charge in [-0.15, -0.1) is 0 Å². The SMILES string of the molecule is COCCN=C(N)NC12CC3CC(CC(C3)C1)C2.O=C(O)C(F)(F)F. The summed E-state index contributed by atoms with van der Waals surface area (Å²) in [4.78, 5) is 13.2. The molecule has 0 spiro atoms. The van der Waals surface area contributed by atoms with Gasteiger partial charge < -0.3 is 20.9 Å². The number of guanidine groups is 1. The third-order valence-corrected chi connectivity index (χ3v) is 5.25. The van der Waals surface area contributed by atoms with Crippen LogP contribution in [0.2, 0.25) is 0 Å². The Morgan fingerprint density at radius 2 is 1.68 bits per heavy atom. The zero-order valence-electron chi connectivity index (χ0n) is 14.3. The number of halogens is 3. The largest absolute Gasteiger partial charge is 0.490 e. The van der Waals surface area contributed by atoms with Crippen molar-refractivity contribution in [2.75, 3.05) is 20.3 Å². The lowest BCUT2D eigenvalue weighted by molar-refractivity contribution is -0.192. The van der Waals surface area contributed by atoms with Crippen LogP contribution in [0.1, 0.15) is 38.5 Å². The van der Waals surface area contributed by atoms with E-state index in [9.17, 15) is 13.2 Å². The second-order valence-corrected chi connectivity index (χ2v) is 7.39. The van der Waals surface area contributed by atoms with Crippen LogP contribution in [0.25, 0.3) is 0 Å². The molecule has 9 heteroatoms. The number of carbonyl (C=O) groups is 1. The maximum Gasteiger partial charge on any atom is 0.490 e. The Balaban J connectivity index is 0.000000277. The summed E-state index contributed by atoms with van der Waals surface area (Å²) in [6.07, 6.45) is 3.21. The molecule has 25 heavy (non-hydrogen) atoms. The summed E-state index contributed by atoms with van der Waals surface area (Å²) in [7, 11) is 1.69. The lowest BCUT2D eigenvalue weighted by Crippen LogP contribution is -2.61. The average Bonchev–Trinajstić information content (AvgIpc) is 2.45. The average molecular weight is 365 g/mol. The summed E-state index contributed by atoms with van der Waals surface area (Å²) < 4.78 is 36.7. The van der Waals surface area contributed by atoms with Gasteiger partial charge in [0, 0.05) is 12.6 Å². The number of aliphatic imine (C=N–C) groups is 1. The number of rotatable bonds is 4. The van der Waals surface area contributed by atoms with E-state index in [2.05, 4.69) is 10.3 Å². The number of hydrogen-bond donors (Lipinski definition) is 3. The Bertz CT molecular complexity index is 473. The summed E-state index contributed by atoms with van der Waals surface area (Å²) in [5, 5.41) is 10.7. The molecule has 0 amide bonds. The minimum atomic E-state index is -5.08. The molecule has 4 aliphatic rings. The van der Waals surface area contributed by atoms with Crippen molar-refractivity contribution in [3.05, 3.63) is 0 Å². The highest BCUT2D eigenvalue weighted by Crippen LogP contribution is 2.55. The molecule has 0 unspecified atom stereocenters. The van der Waals surface area contributed by atoms with Crippen LogP contribution in [0.3, 0.4) is 0 Å². The molecule has 4 bridgehead atoms. The van der Waals surface area contributed by atoms with E-state index in [-0.39, 0.29) is 5.54 Å². The number of ether oxygens (including phenoxy) is 1. The fourth-order valence-corrected chi connectivity index (χ4v) is 4.83. The van der Waals surface area contributed by atoms with E-state index in [1.165, 1.54) is 38.5 Å². The number of alkyl halides is 3. The number of nitrogens with one attached hydrogen (secondary N) is 1. The first kappa shape index (κ1) is 19.8. The molecule has 0 radical (unpaired) electrons. The minimum absolute atomic E-state index is 0.273. The quantitative estimate of drug-likeness (QED) is 0.403. The monoisotopic (exact) mass is 365 g/mol. The molecule has 6 nitrogen and oxygen atoms in total. The number of carboxylic acid groups (broad SMARTS) is 1. The maximum atomic E-state index is 10.6. The van der Waals surface area contributed by atoms with Crippen LogP contribution in [0.15, 0.2) is 4.99 Å². The predicted molar refractivity (Wildman–Crippen MR) is 86.1 cm³/mol. The van der Waals surface area contributed by atoms with Crippen molar-refractivity contribution in [1.82, 2.24) is 5.32 Å². The van der Waals surface area contributed by atoms with Gasteiger partial charge in [-0.05, 0) is 56.3 Å². The smallest absolute Gasteiger partial charge is 0.475 e. The van der Waals surface area contributed by atoms with Gasteiger partial charge in [0.25, 0.3) is 0 Å². The van der Waals surface area contributed by atoms with E-state index in [4.69, 9.17) is 20.4 Å². The lowest BCUT2D eigenvalue weighted by atomic mass is 9.53. The van der Waals surface area contributed by atoms with E-state index >= 15 is 0 Å². The molecule has 4 rings (SSSR count). The molecule has 0 heterocycles. The highest BCUT2D eigenvalue weighted by Gasteiger charge is 2.51. The molecular formula is C16H26F3N3O3. The van der Waals surface area contributed by atoms with Gasteiger partial charge in [0.2, 0.25) is 0 Å². The fraction of sp³-hybridized carbons (Fsp3) is 0.875. The first-order valence-electron chi connectivity index (χ1n) is 8.51. The van der Waals surface area contributed by atoms with E-state index in [0.29, 0.717) is 19.1 Å². The predicted octanol–water partition coefficient (Wildman–Crippen LogP) is 2.14. The number of aliphatic carboxylic acids is 1. The first-order valence-corrected chi connectivity index (χ1v) is 8.51. The molecule has 0 saturated heterocycles. The molecule has 0 aromatic carbocycles. The Hall–Kier alpha value is -1.51. The van der Waals surface area contributed by atoms with Crippen LogP contribution in [0.4, 0.5) is 13.2 Å². The zero-order valence-corrected chi connectivity index (χ0v) is 14.3. The van der Waals surface area contributed by atoms with Gasteiger partial charge in [-0.25, -0.2) is 4.79 Å². The second-order valence-electron chi connectivity index (χ2n) is 7.39. The molecule has 4 fully saturated rings. The Labute approximate surface area is 145 Å². The van der Waals surface area contributed by atoms with E-state index in [0.717, 1.165) is 17.8 Å². The molecule has 0 aliphatic heterocycles. The van der Waals surface area contributed by atoms with Crippen molar-refractivity contribution in [3.63, 3.8) is 0 Å². The van der Waals surface area contributed by atoms with Crippen LogP contribution >= 0.6 is 0 Å². The topological polar surface area (TPSA) is 96.9 Å². The standard InChI is InChI=1S/C14H25N3O.C2HF3O2/c1-18-3-2-16-13(15)17-14-7-10-4-11(8-14)6-12(5-10)9-14;3-2(4,5)1(6)7/h10-12H,2-9H2,1H3,(H3,15,16,17);(H,6,7). The summed E-state index contributed by atoms with van der Waals surface area (Å²) in [6.45, 7) is 1.30. The van der Waals surface area contributed by atoms with E-state index in [1.807, 2.05) is 0 Å². The number of nitrogens with zero attached hydrogens (tertiary/aromatic N) is 1. The van der Waals surface area contributed by atoms with Gasteiger partial charge in [-0.1, -0.05) is 0 Å². The van der Waals surface area contributed by atoms with E-state index < -0.39 is 12.1 Å². The number of carboxylic acids is 1. The minimum Gasteiger partial charge on any atom is -0.475 e. The second kappa shape index (κ2) is 7.80. The molecule has 0 aromatic heterocycles. The van der Waals surface area contributed by atoms with Crippen LogP contribution in [-0.2, 0) is 9.53 Å². The van der Waals surface area contributed by atoms with Crippen molar-refractivity contribution in [2.24, 2.45) is 28.5 Å². The molecule has 0 aromatic rings. The van der Waals surface area contributed by atoms with Gasteiger partial charge in [-0.2, -0.15) is 13.2 Å².